The SMILES string of the molecule is C#CCSC(C)(C)C1OCCO1. The van der Waals surface area contributed by atoms with E-state index in [1.54, 1.807) is 11.8 Å². The summed E-state index contributed by atoms with van der Waals surface area (Å²) >= 11 is 1.69. The Morgan fingerprint density at radius 1 is 1.50 bits per heavy atom. The summed E-state index contributed by atoms with van der Waals surface area (Å²) in [6.45, 7) is 5.57. The van der Waals surface area contributed by atoms with Crippen LogP contribution < -0.4 is 0 Å². The summed E-state index contributed by atoms with van der Waals surface area (Å²) in [6, 6.07) is 0. The van der Waals surface area contributed by atoms with Crippen LogP contribution in [0.3, 0.4) is 0 Å². The van der Waals surface area contributed by atoms with E-state index in [1.165, 1.54) is 0 Å². The zero-order chi connectivity index (χ0) is 9.03. The van der Waals surface area contributed by atoms with Gasteiger partial charge in [0.2, 0.25) is 0 Å². The molecule has 0 bridgehead atoms. The normalized spacial score (nSPS) is 19.4. The first-order valence-corrected chi connectivity index (χ1v) is 4.96. The smallest absolute Gasteiger partial charge is 0.171 e. The highest BCUT2D eigenvalue weighted by Gasteiger charge is 2.34. The van der Waals surface area contributed by atoms with Crippen molar-refractivity contribution in [2.75, 3.05) is 19.0 Å². The van der Waals surface area contributed by atoms with Gasteiger partial charge in [-0.15, -0.1) is 18.2 Å². The van der Waals surface area contributed by atoms with Crippen molar-refractivity contribution >= 4 is 11.8 Å². The maximum atomic E-state index is 5.40. The van der Waals surface area contributed by atoms with Gasteiger partial charge in [-0.2, -0.15) is 0 Å². The Bertz CT molecular complexity index is 177. The van der Waals surface area contributed by atoms with E-state index < -0.39 is 0 Å². The molecule has 1 saturated heterocycles. The molecule has 68 valence electrons. The first kappa shape index (κ1) is 9.91. The predicted molar refractivity (Wildman–Crippen MR) is 51.1 cm³/mol. The van der Waals surface area contributed by atoms with E-state index in [9.17, 15) is 0 Å². The van der Waals surface area contributed by atoms with Gasteiger partial charge in [0.25, 0.3) is 0 Å². The first-order chi connectivity index (χ1) is 5.67. The molecular formula is C9H14O2S. The monoisotopic (exact) mass is 186 g/mol. The van der Waals surface area contributed by atoms with Crippen LogP contribution in [0.1, 0.15) is 13.8 Å². The fraction of sp³-hybridized carbons (Fsp3) is 0.778. The van der Waals surface area contributed by atoms with Gasteiger partial charge in [0, 0.05) is 0 Å². The molecule has 0 N–H and O–H groups in total. The standard InChI is InChI=1S/C9H14O2S/c1-4-7-12-9(2,3)8-10-5-6-11-8/h1,8H,5-7H2,2-3H3. The van der Waals surface area contributed by atoms with Crippen LogP contribution in [0.2, 0.25) is 0 Å². The van der Waals surface area contributed by atoms with Crippen molar-refractivity contribution in [2.24, 2.45) is 0 Å². The Balaban J connectivity index is 2.40. The lowest BCUT2D eigenvalue weighted by atomic mass is 10.2. The fourth-order valence-corrected chi connectivity index (χ4v) is 1.78. The van der Waals surface area contributed by atoms with Crippen LogP contribution >= 0.6 is 11.8 Å². The number of hydrogen-bond acceptors (Lipinski definition) is 3. The van der Waals surface area contributed by atoms with Crippen LogP contribution in [0.15, 0.2) is 0 Å². The molecule has 0 unspecified atom stereocenters. The third-order valence-electron chi connectivity index (χ3n) is 1.72. The highest BCUT2D eigenvalue weighted by Crippen LogP contribution is 2.32. The van der Waals surface area contributed by atoms with Crippen LogP contribution in [0.25, 0.3) is 0 Å². The average molecular weight is 186 g/mol. The average Bonchev–Trinajstić information content (AvgIpc) is 2.53. The van der Waals surface area contributed by atoms with E-state index in [2.05, 4.69) is 19.8 Å². The summed E-state index contributed by atoms with van der Waals surface area (Å²) in [4.78, 5) is 0. The van der Waals surface area contributed by atoms with E-state index in [-0.39, 0.29) is 11.0 Å². The number of rotatable bonds is 3. The molecule has 3 heteroatoms. The maximum absolute atomic E-state index is 5.40. The van der Waals surface area contributed by atoms with Gasteiger partial charge in [-0.05, 0) is 13.8 Å². The molecule has 0 amide bonds. The second-order valence-electron chi connectivity index (χ2n) is 3.17. The topological polar surface area (TPSA) is 18.5 Å². The Morgan fingerprint density at radius 2 is 2.08 bits per heavy atom. The lowest BCUT2D eigenvalue weighted by Crippen LogP contribution is -2.33. The summed E-state index contributed by atoms with van der Waals surface area (Å²) < 4.78 is 10.8. The largest absolute Gasteiger partial charge is 0.349 e. The maximum Gasteiger partial charge on any atom is 0.171 e. The van der Waals surface area contributed by atoms with Gasteiger partial charge < -0.3 is 9.47 Å². The second-order valence-corrected chi connectivity index (χ2v) is 4.80. The van der Waals surface area contributed by atoms with Crippen LogP contribution in [-0.4, -0.2) is 30.0 Å². The van der Waals surface area contributed by atoms with Crippen molar-refractivity contribution in [1.82, 2.24) is 0 Å². The van der Waals surface area contributed by atoms with Crippen LogP contribution in [-0.2, 0) is 9.47 Å². The Morgan fingerprint density at radius 3 is 2.58 bits per heavy atom. The highest BCUT2D eigenvalue weighted by atomic mass is 32.2. The Kier molecular flexibility index (Phi) is 3.45. The van der Waals surface area contributed by atoms with Gasteiger partial charge in [-0.3, -0.25) is 0 Å². The van der Waals surface area contributed by atoms with Crippen LogP contribution in [0.4, 0.5) is 0 Å². The summed E-state index contributed by atoms with van der Waals surface area (Å²) in [7, 11) is 0. The van der Waals surface area contributed by atoms with Crippen molar-refractivity contribution in [3.05, 3.63) is 0 Å². The van der Waals surface area contributed by atoms with Gasteiger partial charge >= 0.3 is 0 Å². The molecule has 1 aliphatic heterocycles. The lowest BCUT2D eigenvalue weighted by molar-refractivity contribution is -0.0612. The molecule has 2 nitrogen and oxygen atoms in total. The van der Waals surface area contributed by atoms with Crippen LogP contribution in [0, 0.1) is 12.3 Å². The van der Waals surface area contributed by atoms with Gasteiger partial charge in [0.05, 0.1) is 23.7 Å². The number of terminal acetylenes is 1. The molecule has 0 aromatic rings. The van der Waals surface area contributed by atoms with E-state index in [4.69, 9.17) is 15.9 Å². The molecule has 0 spiro atoms. The molecule has 0 aromatic carbocycles. The zero-order valence-electron chi connectivity index (χ0n) is 7.50. The quantitative estimate of drug-likeness (QED) is 0.622. The highest BCUT2D eigenvalue weighted by molar-refractivity contribution is 8.00. The molecule has 0 radical (unpaired) electrons. The molecule has 0 aromatic heterocycles. The summed E-state index contributed by atoms with van der Waals surface area (Å²) in [6.07, 6.45) is 5.08. The van der Waals surface area contributed by atoms with Crippen molar-refractivity contribution in [3.8, 4) is 12.3 Å². The molecule has 0 aliphatic carbocycles. The summed E-state index contributed by atoms with van der Waals surface area (Å²) in [5, 5.41) is 0. The fourth-order valence-electron chi connectivity index (χ4n) is 1.06. The molecule has 1 heterocycles. The van der Waals surface area contributed by atoms with Crippen molar-refractivity contribution < 1.29 is 9.47 Å². The second kappa shape index (κ2) is 4.18. The zero-order valence-corrected chi connectivity index (χ0v) is 8.32. The van der Waals surface area contributed by atoms with Crippen LogP contribution in [0.5, 0.6) is 0 Å². The minimum absolute atomic E-state index is 0.0388. The molecular weight excluding hydrogens is 172 g/mol. The molecule has 1 rings (SSSR count). The van der Waals surface area contributed by atoms with E-state index in [0.717, 1.165) is 0 Å². The number of hydrogen-bond donors (Lipinski definition) is 0. The van der Waals surface area contributed by atoms with Gasteiger partial charge in [0.1, 0.15) is 0 Å². The van der Waals surface area contributed by atoms with E-state index in [0.29, 0.717) is 19.0 Å². The minimum Gasteiger partial charge on any atom is -0.349 e. The minimum atomic E-state index is -0.101. The Hall–Kier alpha value is -0.170. The van der Waals surface area contributed by atoms with Gasteiger partial charge in [-0.1, -0.05) is 5.92 Å². The first-order valence-electron chi connectivity index (χ1n) is 3.97. The van der Waals surface area contributed by atoms with E-state index in [1.807, 2.05) is 0 Å². The number of thioether (sulfide) groups is 1. The van der Waals surface area contributed by atoms with Crippen molar-refractivity contribution in [2.45, 2.75) is 24.9 Å². The molecule has 12 heavy (non-hydrogen) atoms. The van der Waals surface area contributed by atoms with E-state index >= 15 is 0 Å². The molecule has 0 saturated carbocycles. The number of ether oxygens (including phenoxy) is 2. The third kappa shape index (κ3) is 2.41. The van der Waals surface area contributed by atoms with Crippen molar-refractivity contribution in [3.63, 3.8) is 0 Å². The lowest BCUT2D eigenvalue weighted by Gasteiger charge is -2.28. The van der Waals surface area contributed by atoms with Gasteiger partial charge in [-0.25, -0.2) is 0 Å². The van der Waals surface area contributed by atoms with Gasteiger partial charge in [0.15, 0.2) is 6.29 Å². The summed E-state index contributed by atoms with van der Waals surface area (Å²) in [5.41, 5.74) is 0. The molecule has 1 aliphatic rings. The third-order valence-corrected chi connectivity index (χ3v) is 2.96. The Labute approximate surface area is 78.0 Å². The van der Waals surface area contributed by atoms with Crippen molar-refractivity contribution in [1.29, 1.82) is 0 Å². The molecule has 0 atom stereocenters. The summed E-state index contributed by atoms with van der Waals surface area (Å²) in [5.74, 6) is 3.30. The molecule has 1 fully saturated rings. The predicted octanol–water partition coefficient (Wildman–Crippen LogP) is 1.50.